The predicted molar refractivity (Wildman–Crippen MR) is 75.8 cm³/mol. The molecule has 3 heteroatoms. The highest BCUT2D eigenvalue weighted by molar-refractivity contribution is 5.40. The van der Waals surface area contributed by atoms with Crippen molar-refractivity contribution < 1.29 is 9.47 Å². The molecule has 2 aliphatic rings. The van der Waals surface area contributed by atoms with Crippen LogP contribution in [0.1, 0.15) is 32.1 Å². The van der Waals surface area contributed by atoms with Gasteiger partial charge in [-0.05, 0) is 37.4 Å². The van der Waals surface area contributed by atoms with Crippen molar-refractivity contribution in [1.82, 2.24) is 5.32 Å². The largest absolute Gasteiger partial charge is 0.486 e. The minimum Gasteiger partial charge on any atom is -0.486 e. The highest BCUT2D eigenvalue weighted by atomic mass is 16.6. The Kier molecular flexibility index (Phi) is 4.23. The van der Waals surface area contributed by atoms with E-state index in [-0.39, 0.29) is 6.10 Å². The van der Waals surface area contributed by atoms with Crippen molar-refractivity contribution in [1.29, 1.82) is 0 Å². The molecule has 3 rings (SSSR count). The molecule has 104 valence electrons. The van der Waals surface area contributed by atoms with E-state index in [1.807, 2.05) is 24.3 Å². The van der Waals surface area contributed by atoms with Crippen LogP contribution >= 0.6 is 0 Å². The summed E-state index contributed by atoms with van der Waals surface area (Å²) < 4.78 is 11.6. The van der Waals surface area contributed by atoms with E-state index < -0.39 is 0 Å². The number of fused-ring (bicyclic) bond motifs is 1. The number of hydrogen-bond acceptors (Lipinski definition) is 3. The lowest BCUT2D eigenvalue weighted by molar-refractivity contribution is 0.0892. The molecule has 1 heterocycles. The lowest BCUT2D eigenvalue weighted by Crippen LogP contribution is -2.40. The molecule has 0 spiro atoms. The van der Waals surface area contributed by atoms with Gasteiger partial charge >= 0.3 is 0 Å². The summed E-state index contributed by atoms with van der Waals surface area (Å²) in [7, 11) is 0. The van der Waals surface area contributed by atoms with Crippen molar-refractivity contribution in [3.63, 3.8) is 0 Å². The van der Waals surface area contributed by atoms with Crippen LogP contribution < -0.4 is 14.8 Å². The molecule has 0 aromatic heterocycles. The first kappa shape index (κ1) is 12.8. The van der Waals surface area contributed by atoms with Crippen LogP contribution in [0.3, 0.4) is 0 Å². The molecule has 1 atom stereocenters. The third-order valence-corrected chi connectivity index (χ3v) is 4.10. The molecule has 1 fully saturated rings. The Bertz CT molecular complexity index is 401. The maximum absolute atomic E-state index is 5.93. The summed E-state index contributed by atoms with van der Waals surface area (Å²) in [5, 5.41) is 3.55. The summed E-state index contributed by atoms with van der Waals surface area (Å²) >= 11 is 0. The molecule has 0 amide bonds. The molecule has 0 radical (unpaired) electrons. The second-order valence-electron chi connectivity index (χ2n) is 5.66. The van der Waals surface area contributed by atoms with E-state index in [2.05, 4.69) is 5.32 Å². The van der Waals surface area contributed by atoms with Gasteiger partial charge in [0, 0.05) is 6.54 Å². The Morgan fingerprint density at radius 1 is 1.00 bits per heavy atom. The molecule has 19 heavy (non-hydrogen) atoms. The van der Waals surface area contributed by atoms with Gasteiger partial charge in [0.1, 0.15) is 12.7 Å². The molecule has 0 saturated heterocycles. The molecule has 3 nitrogen and oxygen atoms in total. The second-order valence-corrected chi connectivity index (χ2v) is 5.66. The Labute approximate surface area is 115 Å². The molecular formula is C16H23NO2. The van der Waals surface area contributed by atoms with Crippen LogP contribution in [0, 0.1) is 5.92 Å². The second kappa shape index (κ2) is 6.29. The van der Waals surface area contributed by atoms with Gasteiger partial charge in [-0.2, -0.15) is 0 Å². The fourth-order valence-corrected chi connectivity index (χ4v) is 3.00. The van der Waals surface area contributed by atoms with Crippen LogP contribution in [0.4, 0.5) is 0 Å². The average molecular weight is 261 g/mol. The van der Waals surface area contributed by atoms with Crippen LogP contribution in [0.5, 0.6) is 11.5 Å². The third-order valence-electron chi connectivity index (χ3n) is 4.10. The van der Waals surface area contributed by atoms with E-state index in [1.165, 1.54) is 32.1 Å². The SMILES string of the molecule is c1ccc2c(c1)OCC(CNCC1CCCCC1)O2. The predicted octanol–water partition coefficient (Wildman–Crippen LogP) is 3.00. The van der Waals surface area contributed by atoms with Gasteiger partial charge in [0.25, 0.3) is 0 Å². The summed E-state index contributed by atoms with van der Waals surface area (Å²) in [6.07, 6.45) is 7.15. The Hall–Kier alpha value is -1.22. The zero-order chi connectivity index (χ0) is 12.9. The maximum Gasteiger partial charge on any atom is 0.161 e. The molecule has 1 saturated carbocycles. The van der Waals surface area contributed by atoms with Crippen molar-refractivity contribution >= 4 is 0 Å². The monoisotopic (exact) mass is 261 g/mol. The highest BCUT2D eigenvalue weighted by Crippen LogP contribution is 2.30. The molecule has 1 aromatic carbocycles. The van der Waals surface area contributed by atoms with Gasteiger partial charge in [-0.15, -0.1) is 0 Å². The van der Waals surface area contributed by atoms with E-state index in [0.29, 0.717) is 6.61 Å². The van der Waals surface area contributed by atoms with Gasteiger partial charge in [-0.1, -0.05) is 31.4 Å². The van der Waals surface area contributed by atoms with Gasteiger partial charge in [0.15, 0.2) is 11.5 Å². The van der Waals surface area contributed by atoms with Gasteiger partial charge < -0.3 is 14.8 Å². The first-order chi connectivity index (χ1) is 9.42. The minimum atomic E-state index is 0.137. The van der Waals surface area contributed by atoms with Crippen molar-refractivity contribution in [3.05, 3.63) is 24.3 Å². The first-order valence-electron chi connectivity index (χ1n) is 7.51. The Balaban J connectivity index is 1.42. The number of para-hydroxylation sites is 2. The number of hydrogen-bond donors (Lipinski definition) is 1. The minimum absolute atomic E-state index is 0.137. The van der Waals surface area contributed by atoms with E-state index in [0.717, 1.165) is 30.5 Å². The first-order valence-corrected chi connectivity index (χ1v) is 7.51. The maximum atomic E-state index is 5.93. The van der Waals surface area contributed by atoms with Crippen LogP contribution in [-0.4, -0.2) is 25.8 Å². The summed E-state index contributed by atoms with van der Waals surface area (Å²) in [4.78, 5) is 0. The Morgan fingerprint density at radius 3 is 2.63 bits per heavy atom. The lowest BCUT2D eigenvalue weighted by atomic mass is 9.89. The number of nitrogens with one attached hydrogen (secondary N) is 1. The Morgan fingerprint density at radius 2 is 1.79 bits per heavy atom. The van der Waals surface area contributed by atoms with Gasteiger partial charge in [0.2, 0.25) is 0 Å². The average Bonchev–Trinajstić information content (AvgIpc) is 2.48. The van der Waals surface area contributed by atoms with Gasteiger partial charge in [-0.25, -0.2) is 0 Å². The van der Waals surface area contributed by atoms with Crippen LogP contribution in [0.25, 0.3) is 0 Å². The zero-order valence-electron chi connectivity index (χ0n) is 11.4. The summed E-state index contributed by atoms with van der Waals surface area (Å²) in [5.41, 5.74) is 0. The summed E-state index contributed by atoms with van der Waals surface area (Å²) in [6, 6.07) is 7.90. The summed E-state index contributed by atoms with van der Waals surface area (Å²) in [5.74, 6) is 2.61. The van der Waals surface area contributed by atoms with E-state index in [9.17, 15) is 0 Å². The summed E-state index contributed by atoms with van der Waals surface area (Å²) in [6.45, 7) is 2.65. The van der Waals surface area contributed by atoms with Crippen molar-refractivity contribution in [2.75, 3.05) is 19.7 Å². The third kappa shape index (κ3) is 3.41. The molecule has 0 bridgehead atoms. The van der Waals surface area contributed by atoms with Crippen LogP contribution in [-0.2, 0) is 0 Å². The zero-order valence-corrected chi connectivity index (χ0v) is 11.4. The fraction of sp³-hybridized carbons (Fsp3) is 0.625. The van der Waals surface area contributed by atoms with Crippen molar-refractivity contribution in [3.8, 4) is 11.5 Å². The molecule has 1 unspecified atom stereocenters. The van der Waals surface area contributed by atoms with E-state index >= 15 is 0 Å². The molecule has 1 N–H and O–H groups in total. The standard InChI is InChI=1S/C16H23NO2/c1-2-6-13(7-3-1)10-17-11-14-12-18-15-8-4-5-9-16(15)19-14/h4-5,8-9,13-14,17H,1-3,6-7,10-12H2. The number of benzene rings is 1. The van der Waals surface area contributed by atoms with Crippen LogP contribution in [0.15, 0.2) is 24.3 Å². The van der Waals surface area contributed by atoms with E-state index in [1.54, 1.807) is 0 Å². The molecule has 1 aromatic rings. The quantitative estimate of drug-likeness (QED) is 0.904. The highest BCUT2D eigenvalue weighted by Gasteiger charge is 2.20. The lowest BCUT2D eigenvalue weighted by Gasteiger charge is -2.28. The molecular weight excluding hydrogens is 238 g/mol. The molecule has 1 aliphatic carbocycles. The number of rotatable bonds is 4. The van der Waals surface area contributed by atoms with Crippen LogP contribution in [0.2, 0.25) is 0 Å². The molecule has 1 aliphatic heterocycles. The smallest absolute Gasteiger partial charge is 0.161 e. The van der Waals surface area contributed by atoms with Gasteiger partial charge in [0.05, 0.1) is 0 Å². The van der Waals surface area contributed by atoms with Gasteiger partial charge in [-0.3, -0.25) is 0 Å². The van der Waals surface area contributed by atoms with Crippen molar-refractivity contribution in [2.24, 2.45) is 5.92 Å². The fourth-order valence-electron chi connectivity index (χ4n) is 3.00. The van der Waals surface area contributed by atoms with Crippen molar-refractivity contribution in [2.45, 2.75) is 38.2 Å². The van der Waals surface area contributed by atoms with E-state index in [4.69, 9.17) is 9.47 Å². The number of ether oxygens (including phenoxy) is 2. The normalized spacial score (nSPS) is 23.3. The topological polar surface area (TPSA) is 30.5 Å².